The summed E-state index contributed by atoms with van der Waals surface area (Å²) in [6.45, 7) is 10.6. The van der Waals surface area contributed by atoms with Crippen LogP contribution in [0.15, 0.2) is 102 Å². The van der Waals surface area contributed by atoms with E-state index in [-0.39, 0.29) is 36.1 Å². The van der Waals surface area contributed by atoms with Crippen LogP contribution in [0.3, 0.4) is 0 Å². The van der Waals surface area contributed by atoms with Crippen LogP contribution >= 0.6 is 11.8 Å². The highest BCUT2D eigenvalue weighted by atomic mass is 32.2. The van der Waals surface area contributed by atoms with Crippen molar-refractivity contribution in [3.63, 3.8) is 0 Å². The average Bonchev–Trinajstić information content (AvgIpc) is 3.89. The third kappa shape index (κ3) is 8.10. The number of ketones is 1. The van der Waals surface area contributed by atoms with Crippen molar-refractivity contribution < 1.29 is 48.5 Å². The summed E-state index contributed by atoms with van der Waals surface area (Å²) in [6, 6.07) is 13.3. The molecule has 5 amide bonds. The van der Waals surface area contributed by atoms with E-state index in [1.54, 1.807) is 17.8 Å². The largest absolute Gasteiger partial charge is 0.393 e. The van der Waals surface area contributed by atoms with E-state index >= 15 is 0 Å². The van der Waals surface area contributed by atoms with Gasteiger partial charge in [0.15, 0.2) is 17.7 Å². The number of rotatable bonds is 14. The second-order valence-electron chi connectivity index (χ2n) is 18.5. The van der Waals surface area contributed by atoms with Gasteiger partial charge in [-0.3, -0.25) is 33.7 Å². The molecule has 2 aromatic rings. The topological polar surface area (TPSA) is 201 Å². The van der Waals surface area contributed by atoms with Crippen LogP contribution in [0.2, 0.25) is 0 Å². The van der Waals surface area contributed by atoms with Crippen LogP contribution in [0, 0.1) is 28.6 Å². The third-order valence-electron chi connectivity index (χ3n) is 14.6. The predicted octanol–water partition coefficient (Wildman–Crippen LogP) is 4.83. The predicted molar refractivity (Wildman–Crippen MR) is 238 cm³/mol. The molecule has 2 aliphatic heterocycles. The van der Waals surface area contributed by atoms with E-state index in [0.717, 1.165) is 51.5 Å². The second kappa shape index (κ2) is 17.7. The Morgan fingerprint density at radius 1 is 0.984 bits per heavy atom. The number of aliphatic hydroxyl groups is 2. The van der Waals surface area contributed by atoms with Gasteiger partial charge in [-0.2, -0.15) is 0 Å². The zero-order valence-electron chi connectivity index (χ0n) is 36.5. The molecule has 4 aliphatic carbocycles. The molecule has 2 aromatic carbocycles. The van der Waals surface area contributed by atoms with Crippen molar-refractivity contribution in [3.05, 3.63) is 108 Å². The summed E-state index contributed by atoms with van der Waals surface area (Å²) in [5, 5.41) is 30.3. The maximum absolute atomic E-state index is 14.0. The van der Waals surface area contributed by atoms with Crippen molar-refractivity contribution in [3.8, 4) is 0 Å². The van der Waals surface area contributed by atoms with Crippen LogP contribution in [0.1, 0.15) is 77.2 Å². The lowest BCUT2D eigenvalue weighted by Crippen LogP contribution is -2.63. The molecular formula is C49H56N4O10S. The van der Waals surface area contributed by atoms with Gasteiger partial charge in [0.1, 0.15) is 18.7 Å². The Bertz CT molecular complexity index is 2350. The molecular weight excluding hydrogens is 837 g/mol. The number of benzene rings is 2. The number of fused-ring (bicyclic) bond motifs is 7. The molecule has 6 aliphatic rings. The fraction of sp³-hybridized carbons (Fsp3) is 0.469. The number of amides is 5. The number of hydrogen-bond donors (Lipinski definition) is 5. The van der Waals surface area contributed by atoms with Crippen molar-refractivity contribution in [2.24, 2.45) is 28.6 Å². The van der Waals surface area contributed by atoms with Crippen LogP contribution in [-0.4, -0.2) is 93.5 Å². The fourth-order valence-electron chi connectivity index (χ4n) is 11.4. The number of anilines is 1. The van der Waals surface area contributed by atoms with Crippen LogP contribution < -0.4 is 16.0 Å². The Morgan fingerprint density at radius 3 is 2.42 bits per heavy atom. The zero-order chi connectivity index (χ0) is 45.7. The lowest BCUT2D eigenvalue weighted by Gasteiger charge is -2.59. The Morgan fingerprint density at radius 2 is 1.70 bits per heavy atom. The average molecular weight is 893 g/mol. The van der Waals surface area contributed by atoms with Gasteiger partial charge >= 0.3 is 0 Å². The summed E-state index contributed by atoms with van der Waals surface area (Å²) in [6.07, 6.45) is 9.20. The molecule has 0 radical (unpaired) electrons. The summed E-state index contributed by atoms with van der Waals surface area (Å²) >= 11 is 1.57. The Kier molecular flexibility index (Phi) is 12.5. The number of carbonyl (C=O) groups is 6. The van der Waals surface area contributed by atoms with Crippen LogP contribution in [-0.2, 0) is 44.0 Å². The SMILES string of the molecule is C=C1C=C[C@@]2(C)C(=C1)CC[C@@H]1[C@@H]2[C@@H](O)C[C@@]2(C)[C@H]1C[C@H]1O[C@@H](c3ccc(CSc4cccc(NC(=O)[C@H](C)NC(=O)[C@H](C)NC(=O)CCN5C(=O)C=CC5=O)c4)cc3)O[C@]12C(=O)CO. The molecule has 0 unspecified atom stereocenters. The number of hydrogen-bond acceptors (Lipinski definition) is 11. The van der Waals surface area contributed by atoms with Crippen LogP contribution in [0.25, 0.3) is 0 Å². The molecule has 4 fully saturated rings. The molecule has 14 nitrogen and oxygen atoms in total. The number of Topliss-reactive ketones (excluding diaryl/α,β-unsaturated/α-hetero) is 1. The summed E-state index contributed by atoms with van der Waals surface area (Å²) in [7, 11) is 0. The van der Waals surface area contributed by atoms with E-state index in [4.69, 9.17) is 9.47 Å². The minimum Gasteiger partial charge on any atom is -0.393 e. The maximum atomic E-state index is 14.0. The van der Waals surface area contributed by atoms with E-state index in [2.05, 4.69) is 48.5 Å². The summed E-state index contributed by atoms with van der Waals surface area (Å²) in [4.78, 5) is 77.4. The Hall–Kier alpha value is -5.19. The molecule has 0 aromatic heterocycles. The summed E-state index contributed by atoms with van der Waals surface area (Å²) < 4.78 is 13.4. The van der Waals surface area contributed by atoms with Crippen molar-refractivity contribution >= 4 is 52.8 Å². The van der Waals surface area contributed by atoms with Crippen molar-refractivity contribution in [1.82, 2.24) is 15.5 Å². The molecule has 0 spiro atoms. The smallest absolute Gasteiger partial charge is 0.253 e. The van der Waals surface area contributed by atoms with Gasteiger partial charge in [0.25, 0.3) is 11.8 Å². The van der Waals surface area contributed by atoms with Crippen LogP contribution in [0.4, 0.5) is 5.69 Å². The van der Waals surface area contributed by atoms with E-state index in [0.29, 0.717) is 24.3 Å². The van der Waals surface area contributed by atoms with Gasteiger partial charge in [0.2, 0.25) is 17.7 Å². The van der Waals surface area contributed by atoms with Gasteiger partial charge < -0.3 is 35.6 Å². The molecule has 2 heterocycles. The molecule has 1 saturated heterocycles. The van der Waals surface area contributed by atoms with E-state index in [9.17, 15) is 39.0 Å². The Labute approximate surface area is 377 Å². The minimum atomic E-state index is -1.40. The van der Waals surface area contributed by atoms with Crippen molar-refractivity contribution in [2.75, 3.05) is 18.5 Å². The highest BCUT2D eigenvalue weighted by Crippen LogP contribution is 2.70. The highest BCUT2D eigenvalue weighted by Gasteiger charge is 2.75. The molecule has 338 valence electrons. The first-order valence-electron chi connectivity index (χ1n) is 22.0. The first-order chi connectivity index (χ1) is 30.5. The molecule has 0 bridgehead atoms. The van der Waals surface area contributed by atoms with Crippen molar-refractivity contribution in [2.45, 2.75) is 107 Å². The second-order valence-corrected chi connectivity index (χ2v) is 19.5. The van der Waals surface area contributed by atoms with Crippen LogP contribution in [0.5, 0.6) is 0 Å². The molecule has 5 N–H and O–H groups in total. The van der Waals surface area contributed by atoms with E-state index < -0.39 is 83.5 Å². The molecule has 11 atom stereocenters. The molecule has 3 saturated carbocycles. The number of nitrogens with zero attached hydrogens (tertiary/aromatic N) is 1. The van der Waals surface area contributed by atoms with Gasteiger partial charge in [-0.05, 0) is 80.7 Å². The number of carbonyl (C=O) groups excluding carboxylic acids is 6. The summed E-state index contributed by atoms with van der Waals surface area (Å²) in [5.41, 5.74) is 2.13. The third-order valence-corrected chi connectivity index (χ3v) is 15.7. The van der Waals surface area contributed by atoms with Gasteiger partial charge in [-0.1, -0.05) is 74.6 Å². The maximum Gasteiger partial charge on any atom is 0.253 e. The van der Waals surface area contributed by atoms with Gasteiger partial charge in [0.05, 0.1) is 12.2 Å². The molecule has 8 rings (SSSR count). The quantitative estimate of drug-likeness (QED) is 0.129. The molecule has 64 heavy (non-hydrogen) atoms. The number of nitrogens with one attached hydrogen (secondary N) is 3. The monoisotopic (exact) mass is 892 g/mol. The number of imide groups is 1. The lowest BCUT2D eigenvalue weighted by atomic mass is 9.46. The number of allylic oxidation sites excluding steroid dienone is 5. The Balaban J connectivity index is 0.845. The number of ether oxygens (including phenoxy) is 2. The van der Waals surface area contributed by atoms with E-state index in [1.807, 2.05) is 48.5 Å². The summed E-state index contributed by atoms with van der Waals surface area (Å²) in [5.74, 6) is -2.15. The van der Waals surface area contributed by atoms with Gasteiger partial charge in [0, 0.05) is 63.8 Å². The fourth-order valence-corrected chi connectivity index (χ4v) is 12.3. The number of aliphatic hydroxyl groups excluding tert-OH is 2. The normalized spacial score (nSPS) is 32.2. The number of thioether (sulfide) groups is 1. The van der Waals surface area contributed by atoms with E-state index in [1.165, 1.54) is 19.4 Å². The van der Waals surface area contributed by atoms with Gasteiger partial charge in [-0.25, -0.2) is 0 Å². The lowest BCUT2D eigenvalue weighted by molar-refractivity contribution is -0.201. The first kappa shape index (κ1) is 45.4. The zero-order valence-corrected chi connectivity index (χ0v) is 37.3. The first-order valence-corrected chi connectivity index (χ1v) is 23.0. The minimum absolute atomic E-state index is 0.0141. The standard InChI is InChI=1S/C49H56N4O10S/c1-27-17-19-47(4)32(21-27)13-14-35-36-23-39-49(38(56)25-54,48(36,5)24-37(55)43(35)47)63-46(62-39)31-11-9-30(10-12-31)26-64-34-8-6-7-33(22-34)52-45(61)29(3)51-44(60)28(2)50-40(57)18-20-53-41(58)15-16-42(53)59/h6-12,15-17,19,21-22,28-29,35-37,39,43,46,54-55H,1,13-14,18,20,23-26H2,2-5H3,(H,50,57)(H,51,60)(H,52,61)/t28-,29-,35-,36-,37-,39+,43+,46+,47-,48-,49+/m0/s1. The molecule has 15 heteroatoms. The van der Waals surface area contributed by atoms with Gasteiger partial charge in [-0.15, -0.1) is 11.8 Å². The highest BCUT2D eigenvalue weighted by molar-refractivity contribution is 7.98. The van der Waals surface area contributed by atoms with Crippen molar-refractivity contribution in [1.29, 1.82) is 0 Å².